The highest BCUT2D eigenvalue weighted by Crippen LogP contribution is 2.47. The molecule has 0 nitrogen and oxygen atoms in total. The van der Waals surface area contributed by atoms with Gasteiger partial charge in [-0.05, 0) is 73.6 Å². The Bertz CT molecular complexity index is 1040. The maximum atomic E-state index is 3.81. The number of hydrogen-bond donors (Lipinski definition) is 0. The molecular formula is C20H14Br4. The maximum absolute atomic E-state index is 3.81. The molecule has 0 bridgehead atoms. The van der Waals surface area contributed by atoms with Crippen LogP contribution in [0.1, 0.15) is 26.3 Å². The molecule has 24 heavy (non-hydrogen) atoms. The van der Waals surface area contributed by atoms with Crippen LogP contribution in [0.25, 0.3) is 32.3 Å². The van der Waals surface area contributed by atoms with Crippen molar-refractivity contribution < 1.29 is 0 Å². The van der Waals surface area contributed by atoms with Crippen molar-refractivity contribution in [2.45, 2.75) is 26.2 Å². The first-order chi connectivity index (χ1) is 11.2. The third-order valence-corrected chi connectivity index (χ3v) is 7.24. The van der Waals surface area contributed by atoms with Crippen LogP contribution < -0.4 is 0 Å². The Balaban J connectivity index is 2.37. The van der Waals surface area contributed by atoms with E-state index in [0.717, 1.165) is 17.9 Å². The monoisotopic (exact) mass is 570 g/mol. The third-order valence-electron chi connectivity index (χ3n) is 4.62. The van der Waals surface area contributed by atoms with Gasteiger partial charge in [0.05, 0.1) is 0 Å². The Kier molecular flexibility index (Phi) is 4.08. The van der Waals surface area contributed by atoms with Crippen molar-refractivity contribution >= 4 is 96.0 Å². The van der Waals surface area contributed by atoms with Crippen LogP contribution in [0.15, 0.2) is 48.2 Å². The normalized spacial score (nSPS) is 12.8. The Morgan fingerprint density at radius 2 is 0.875 bits per heavy atom. The molecule has 0 saturated heterocycles. The summed E-state index contributed by atoms with van der Waals surface area (Å²) in [7, 11) is 0. The van der Waals surface area contributed by atoms with Crippen molar-refractivity contribution in [3.8, 4) is 0 Å². The number of benzene rings is 4. The van der Waals surface area contributed by atoms with E-state index in [9.17, 15) is 0 Å². The lowest BCUT2D eigenvalue weighted by molar-refractivity contribution is 0.591. The van der Waals surface area contributed by atoms with E-state index in [1.54, 1.807) is 0 Å². The van der Waals surface area contributed by atoms with E-state index in [4.69, 9.17) is 0 Å². The summed E-state index contributed by atoms with van der Waals surface area (Å²) in [6.07, 6.45) is 0. The molecule has 4 aromatic carbocycles. The van der Waals surface area contributed by atoms with E-state index in [1.807, 2.05) is 0 Å². The van der Waals surface area contributed by atoms with Crippen molar-refractivity contribution in [1.82, 2.24) is 0 Å². The summed E-state index contributed by atoms with van der Waals surface area (Å²) in [4.78, 5) is 0. The zero-order chi connectivity index (χ0) is 17.4. The highest BCUT2D eigenvalue weighted by atomic mass is 79.9. The summed E-state index contributed by atoms with van der Waals surface area (Å²) in [6.45, 7) is 6.78. The quantitative estimate of drug-likeness (QED) is 0.184. The summed E-state index contributed by atoms with van der Waals surface area (Å²) < 4.78 is 4.48. The van der Waals surface area contributed by atoms with Crippen LogP contribution in [0, 0.1) is 0 Å². The van der Waals surface area contributed by atoms with Crippen LogP contribution in [0.5, 0.6) is 0 Å². The van der Waals surface area contributed by atoms with Gasteiger partial charge in [-0.15, -0.1) is 0 Å². The second-order valence-corrected chi connectivity index (χ2v) is 10.6. The summed E-state index contributed by atoms with van der Waals surface area (Å²) in [6, 6.07) is 11.2. The number of hydrogen-bond acceptors (Lipinski definition) is 0. The van der Waals surface area contributed by atoms with Crippen molar-refractivity contribution in [2.24, 2.45) is 0 Å². The molecule has 0 aromatic heterocycles. The molecule has 0 spiro atoms. The smallest absolute Gasteiger partial charge is 0.0266 e. The van der Waals surface area contributed by atoms with E-state index >= 15 is 0 Å². The fourth-order valence-corrected chi connectivity index (χ4v) is 5.81. The largest absolute Gasteiger partial charge is 0.0561 e. The average Bonchev–Trinajstić information content (AvgIpc) is 2.49. The Morgan fingerprint density at radius 3 is 1.25 bits per heavy atom. The number of rotatable bonds is 0. The maximum Gasteiger partial charge on any atom is 0.0266 e. The van der Waals surface area contributed by atoms with Crippen LogP contribution in [0.4, 0.5) is 0 Å². The molecule has 122 valence electrons. The predicted molar refractivity (Wildman–Crippen MR) is 120 cm³/mol. The first-order valence-corrected chi connectivity index (χ1v) is 10.8. The molecule has 4 aromatic rings. The molecule has 0 aliphatic heterocycles. The predicted octanol–water partition coefficient (Wildman–Crippen LogP) is 8.93. The minimum atomic E-state index is 0.102. The first-order valence-electron chi connectivity index (χ1n) is 7.64. The van der Waals surface area contributed by atoms with Crippen LogP contribution in [-0.2, 0) is 5.41 Å². The van der Waals surface area contributed by atoms with Crippen molar-refractivity contribution in [1.29, 1.82) is 0 Å². The molecule has 0 aliphatic rings. The second-order valence-electron chi connectivity index (χ2n) is 7.22. The van der Waals surface area contributed by atoms with Gasteiger partial charge in [-0.3, -0.25) is 0 Å². The molecule has 0 unspecified atom stereocenters. The van der Waals surface area contributed by atoms with E-state index in [0.29, 0.717) is 0 Å². The Morgan fingerprint density at radius 1 is 0.542 bits per heavy atom. The van der Waals surface area contributed by atoms with Crippen LogP contribution in [0.3, 0.4) is 0 Å². The van der Waals surface area contributed by atoms with E-state index in [-0.39, 0.29) is 5.41 Å². The summed E-state index contributed by atoms with van der Waals surface area (Å²) in [5, 5.41) is 7.59. The fraction of sp³-hybridized carbons (Fsp3) is 0.200. The van der Waals surface area contributed by atoms with Gasteiger partial charge in [0.15, 0.2) is 0 Å². The average molecular weight is 574 g/mol. The zero-order valence-electron chi connectivity index (χ0n) is 13.4. The van der Waals surface area contributed by atoms with Gasteiger partial charge in [0.1, 0.15) is 0 Å². The van der Waals surface area contributed by atoms with Gasteiger partial charge < -0.3 is 0 Å². The third kappa shape index (κ3) is 2.48. The van der Waals surface area contributed by atoms with Gasteiger partial charge in [0, 0.05) is 17.9 Å². The standard InChI is InChI=1S/C20H14Br4/c1-20(2,3)9-4-10-14(21)6-12-16(23)8-17(24)13-7-15(22)11(5-9)18(10)19(12)13/h4-8H,1-3H3. The van der Waals surface area contributed by atoms with Crippen LogP contribution >= 0.6 is 63.7 Å². The summed E-state index contributed by atoms with van der Waals surface area (Å²) in [5.74, 6) is 0. The lowest BCUT2D eigenvalue weighted by atomic mass is 9.83. The molecule has 0 amide bonds. The molecule has 4 heteroatoms. The SMILES string of the molecule is CC(C)(C)c1cc2c(Br)cc3c(Br)cc(Br)c4cc(Br)c(c1)c2c34. The second kappa shape index (κ2) is 5.67. The highest BCUT2D eigenvalue weighted by Gasteiger charge is 2.21. The lowest BCUT2D eigenvalue weighted by Crippen LogP contribution is -2.11. The molecule has 0 radical (unpaired) electrons. The van der Waals surface area contributed by atoms with Crippen molar-refractivity contribution in [3.05, 3.63) is 53.8 Å². The van der Waals surface area contributed by atoms with Crippen LogP contribution in [0.2, 0.25) is 0 Å². The topological polar surface area (TPSA) is 0 Å². The van der Waals surface area contributed by atoms with Gasteiger partial charge in [-0.1, -0.05) is 84.5 Å². The van der Waals surface area contributed by atoms with E-state index in [1.165, 1.54) is 37.9 Å². The van der Waals surface area contributed by atoms with Gasteiger partial charge in [0.25, 0.3) is 0 Å². The zero-order valence-corrected chi connectivity index (χ0v) is 19.7. The molecule has 0 N–H and O–H groups in total. The molecule has 0 atom stereocenters. The van der Waals surface area contributed by atoms with Crippen molar-refractivity contribution in [3.63, 3.8) is 0 Å². The number of halogens is 4. The van der Waals surface area contributed by atoms with E-state index in [2.05, 4.69) is 115 Å². The minimum absolute atomic E-state index is 0.102. The molecule has 0 saturated carbocycles. The van der Waals surface area contributed by atoms with Gasteiger partial charge >= 0.3 is 0 Å². The fourth-order valence-electron chi connectivity index (χ4n) is 3.33. The highest BCUT2D eigenvalue weighted by molar-refractivity contribution is 9.11. The molecular weight excluding hydrogens is 560 g/mol. The molecule has 4 rings (SSSR count). The minimum Gasteiger partial charge on any atom is -0.0561 e. The van der Waals surface area contributed by atoms with Crippen LogP contribution in [-0.4, -0.2) is 0 Å². The summed E-state index contributed by atoms with van der Waals surface area (Å²) in [5.41, 5.74) is 1.44. The Hall–Kier alpha value is -0.160. The molecule has 0 fully saturated rings. The van der Waals surface area contributed by atoms with Gasteiger partial charge in [0.2, 0.25) is 0 Å². The van der Waals surface area contributed by atoms with Gasteiger partial charge in [-0.25, -0.2) is 0 Å². The van der Waals surface area contributed by atoms with E-state index < -0.39 is 0 Å². The Labute approximate surface area is 174 Å². The first kappa shape index (κ1) is 17.3. The molecule has 0 aliphatic carbocycles. The summed E-state index contributed by atoms with van der Waals surface area (Å²) >= 11 is 15.1. The molecule has 0 heterocycles. The van der Waals surface area contributed by atoms with Gasteiger partial charge in [-0.2, -0.15) is 0 Å². The van der Waals surface area contributed by atoms with Crippen molar-refractivity contribution in [2.75, 3.05) is 0 Å². The lowest BCUT2D eigenvalue weighted by Gasteiger charge is -2.23.